The second kappa shape index (κ2) is 5.87. The third-order valence-corrected chi connectivity index (χ3v) is 3.62. The van der Waals surface area contributed by atoms with Gasteiger partial charge in [-0.05, 0) is 31.0 Å². The first-order valence-corrected chi connectivity index (χ1v) is 6.55. The van der Waals surface area contributed by atoms with Crippen LogP contribution in [0.5, 0.6) is 0 Å². The number of piperidine rings is 1. The molecule has 108 valence electrons. The van der Waals surface area contributed by atoms with E-state index in [9.17, 15) is 14.9 Å². The van der Waals surface area contributed by atoms with Gasteiger partial charge in [-0.3, -0.25) is 19.8 Å². The van der Waals surface area contributed by atoms with Crippen molar-refractivity contribution in [3.63, 3.8) is 0 Å². The summed E-state index contributed by atoms with van der Waals surface area (Å²) in [5.74, 6) is -0.338. The summed E-state index contributed by atoms with van der Waals surface area (Å²) < 4.78 is 0. The lowest BCUT2D eigenvalue weighted by Crippen LogP contribution is -2.47. The molecule has 1 fully saturated rings. The van der Waals surface area contributed by atoms with Crippen molar-refractivity contribution in [3.8, 4) is 0 Å². The molecule has 20 heavy (non-hydrogen) atoms. The summed E-state index contributed by atoms with van der Waals surface area (Å²) in [5.41, 5.74) is 11.8. The summed E-state index contributed by atoms with van der Waals surface area (Å²) in [7, 11) is 0. The van der Waals surface area contributed by atoms with Gasteiger partial charge in [0.25, 0.3) is 5.69 Å². The number of hydrogen-bond donors (Lipinski definition) is 2. The topological polar surface area (TPSA) is 115 Å². The van der Waals surface area contributed by atoms with Crippen molar-refractivity contribution in [3.05, 3.63) is 33.9 Å². The Labute approximate surface area is 116 Å². The number of benzene rings is 1. The minimum absolute atomic E-state index is 0.102. The number of primary amides is 1. The summed E-state index contributed by atoms with van der Waals surface area (Å²) in [6, 6.07) is 4.44. The number of nitrogens with zero attached hydrogens (tertiary/aromatic N) is 2. The average molecular weight is 278 g/mol. The van der Waals surface area contributed by atoms with Crippen LogP contribution in [0.15, 0.2) is 18.2 Å². The number of nitrogen functional groups attached to an aromatic ring is 1. The van der Waals surface area contributed by atoms with Crippen molar-refractivity contribution in [2.45, 2.75) is 31.8 Å². The molecule has 4 N–H and O–H groups in total. The summed E-state index contributed by atoms with van der Waals surface area (Å²) in [6.07, 6.45) is 2.72. The van der Waals surface area contributed by atoms with Gasteiger partial charge in [0.15, 0.2) is 0 Å². The Morgan fingerprint density at radius 1 is 1.45 bits per heavy atom. The smallest absolute Gasteiger partial charge is 0.292 e. The Hall–Kier alpha value is -2.15. The number of anilines is 1. The number of nitro benzene ring substituents is 1. The summed E-state index contributed by atoms with van der Waals surface area (Å²) in [5, 5.41) is 10.9. The minimum atomic E-state index is -0.499. The van der Waals surface area contributed by atoms with E-state index >= 15 is 0 Å². The number of rotatable bonds is 4. The zero-order chi connectivity index (χ0) is 14.7. The predicted octanol–water partition coefficient (Wildman–Crippen LogP) is 1.02. The Morgan fingerprint density at radius 3 is 2.85 bits per heavy atom. The number of carbonyl (C=O) groups excluding carboxylic acids is 1. The van der Waals surface area contributed by atoms with Gasteiger partial charge >= 0.3 is 0 Å². The van der Waals surface area contributed by atoms with Gasteiger partial charge < -0.3 is 11.5 Å². The fraction of sp³-hybridized carbons (Fsp3) is 0.462. The molecule has 1 aliphatic heterocycles. The first-order valence-electron chi connectivity index (χ1n) is 6.55. The van der Waals surface area contributed by atoms with Crippen LogP contribution < -0.4 is 11.5 Å². The van der Waals surface area contributed by atoms with Gasteiger partial charge in [-0.15, -0.1) is 0 Å². The summed E-state index contributed by atoms with van der Waals surface area (Å²) in [4.78, 5) is 23.8. The Bertz CT molecular complexity index is 532. The highest BCUT2D eigenvalue weighted by Crippen LogP contribution is 2.25. The van der Waals surface area contributed by atoms with Crippen molar-refractivity contribution >= 4 is 17.3 Å². The van der Waals surface area contributed by atoms with Crippen LogP contribution in [0, 0.1) is 10.1 Å². The molecule has 1 aliphatic rings. The fourth-order valence-electron chi connectivity index (χ4n) is 2.58. The van der Waals surface area contributed by atoms with Crippen LogP contribution in [0.4, 0.5) is 11.4 Å². The Morgan fingerprint density at radius 2 is 2.20 bits per heavy atom. The molecule has 0 spiro atoms. The maximum atomic E-state index is 11.4. The molecule has 1 amide bonds. The van der Waals surface area contributed by atoms with Crippen LogP contribution in [0.1, 0.15) is 24.8 Å². The van der Waals surface area contributed by atoms with E-state index in [2.05, 4.69) is 0 Å². The quantitative estimate of drug-likeness (QED) is 0.484. The maximum Gasteiger partial charge on any atom is 0.292 e. The number of likely N-dealkylation sites (tertiary alicyclic amines) is 1. The van der Waals surface area contributed by atoms with Gasteiger partial charge in [0.1, 0.15) is 5.69 Å². The molecular weight excluding hydrogens is 260 g/mol. The molecule has 1 aromatic rings. The van der Waals surface area contributed by atoms with E-state index in [4.69, 9.17) is 11.5 Å². The van der Waals surface area contributed by atoms with Gasteiger partial charge in [0.2, 0.25) is 5.91 Å². The Kier molecular flexibility index (Phi) is 4.19. The summed E-state index contributed by atoms with van der Waals surface area (Å²) in [6.45, 7) is 1.24. The van der Waals surface area contributed by atoms with Crippen molar-refractivity contribution in [1.29, 1.82) is 0 Å². The van der Waals surface area contributed by atoms with Crippen LogP contribution in [-0.4, -0.2) is 28.3 Å². The van der Waals surface area contributed by atoms with E-state index in [-0.39, 0.29) is 23.3 Å². The molecular formula is C13H18N4O3. The molecule has 7 nitrogen and oxygen atoms in total. The molecule has 0 radical (unpaired) electrons. The van der Waals surface area contributed by atoms with Crippen molar-refractivity contribution in [1.82, 2.24) is 4.90 Å². The van der Waals surface area contributed by atoms with E-state index in [1.807, 2.05) is 4.90 Å². The third kappa shape index (κ3) is 3.05. The minimum Gasteiger partial charge on any atom is -0.393 e. The van der Waals surface area contributed by atoms with E-state index in [1.54, 1.807) is 6.07 Å². The van der Waals surface area contributed by atoms with E-state index in [0.717, 1.165) is 31.4 Å². The number of nitro groups is 1. The molecule has 7 heteroatoms. The van der Waals surface area contributed by atoms with Crippen LogP contribution >= 0.6 is 0 Å². The van der Waals surface area contributed by atoms with Gasteiger partial charge in [-0.2, -0.15) is 0 Å². The molecule has 2 rings (SSSR count). The number of hydrogen-bond acceptors (Lipinski definition) is 5. The molecule has 1 aromatic carbocycles. The van der Waals surface area contributed by atoms with Crippen molar-refractivity contribution in [2.75, 3.05) is 12.3 Å². The highest BCUT2D eigenvalue weighted by Gasteiger charge is 2.27. The van der Waals surface area contributed by atoms with Gasteiger partial charge in [0, 0.05) is 12.6 Å². The van der Waals surface area contributed by atoms with Gasteiger partial charge in [0.05, 0.1) is 11.0 Å². The molecule has 1 saturated heterocycles. The van der Waals surface area contributed by atoms with Crippen molar-refractivity contribution in [2.24, 2.45) is 5.73 Å². The second-order valence-corrected chi connectivity index (χ2v) is 5.03. The van der Waals surface area contributed by atoms with Crippen LogP contribution in [0.25, 0.3) is 0 Å². The van der Waals surface area contributed by atoms with Gasteiger partial charge in [-0.25, -0.2) is 0 Å². The van der Waals surface area contributed by atoms with E-state index in [1.165, 1.54) is 12.1 Å². The average Bonchev–Trinajstić information content (AvgIpc) is 2.41. The number of amides is 1. The van der Waals surface area contributed by atoms with Crippen LogP contribution in [0.3, 0.4) is 0 Å². The standard InChI is InChI=1S/C13H18N4O3/c14-10-5-4-9(7-12(10)17(19)20)8-16-6-2-1-3-11(16)13(15)18/h4-5,7,11H,1-3,6,8,14H2,(H2,15,18). The zero-order valence-corrected chi connectivity index (χ0v) is 11.1. The predicted molar refractivity (Wildman–Crippen MR) is 74.8 cm³/mol. The third-order valence-electron chi connectivity index (χ3n) is 3.62. The second-order valence-electron chi connectivity index (χ2n) is 5.03. The lowest BCUT2D eigenvalue weighted by Gasteiger charge is -2.33. The van der Waals surface area contributed by atoms with E-state index < -0.39 is 4.92 Å². The first kappa shape index (κ1) is 14.3. The highest BCUT2D eigenvalue weighted by molar-refractivity contribution is 5.79. The normalized spacial score (nSPS) is 19.7. The van der Waals surface area contributed by atoms with Crippen LogP contribution in [0.2, 0.25) is 0 Å². The molecule has 1 atom stereocenters. The first-order chi connectivity index (χ1) is 9.49. The monoisotopic (exact) mass is 278 g/mol. The van der Waals surface area contributed by atoms with Gasteiger partial charge in [-0.1, -0.05) is 12.5 Å². The maximum absolute atomic E-state index is 11.4. The highest BCUT2D eigenvalue weighted by atomic mass is 16.6. The SMILES string of the molecule is NC(=O)C1CCCCN1Cc1ccc(N)c([N+](=O)[O-])c1. The molecule has 1 heterocycles. The lowest BCUT2D eigenvalue weighted by molar-refractivity contribution is -0.384. The Balaban J connectivity index is 2.18. The van der Waals surface area contributed by atoms with Crippen LogP contribution in [-0.2, 0) is 11.3 Å². The number of nitrogens with two attached hydrogens (primary N) is 2. The lowest BCUT2D eigenvalue weighted by atomic mass is 10.0. The molecule has 0 aromatic heterocycles. The number of carbonyl (C=O) groups is 1. The molecule has 0 bridgehead atoms. The zero-order valence-electron chi connectivity index (χ0n) is 11.1. The molecule has 0 saturated carbocycles. The largest absolute Gasteiger partial charge is 0.393 e. The summed E-state index contributed by atoms with van der Waals surface area (Å²) >= 11 is 0. The molecule has 0 aliphatic carbocycles. The fourth-order valence-corrected chi connectivity index (χ4v) is 2.58. The molecule has 1 unspecified atom stereocenters. The van der Waals surface area contributed by atoms with Crippen molar-refractivity contribution < 1.29 is 9.72 Å². The van der Waals surface area contributed by atoms with E-state index in [0.29, 0.717) is 6.54 Å².